The van der Waals surface area contributed by atoms with Crippen molar-refractivity contribution in [1.29, 1.82) is 0 Å². The maximum atomic E-state index is 10.5. The maximum Gasteiger partial charge on any atom is 0.339 e. The van der Waals surface area contributed by atoms with Crippen LogP contribution in [0.5, 0.6) is 0 Å². The number of nitrogens with zero attached hydrogens (tertiary/aromatic N) is 2. The predicted molar refractivity (Wildman–Crippen MR) is 38.5 cm³/mol. The first-order valence-corrected chi connectivity index (χ1v) is 3.15. The summed E-state index contributed by atoms with van der Waals surface area (Å²) in [6.07, 6.45) is 1.32. The number of aromatic carboxylic acids is 1. The number of hydrogen-bond donors (Lipinski definition) is 1. The van der Waals surface area contributed by atoms with E-state index in [2.05, 4.69) is 9.97 Å². The van der Waals surface area contributed by atoms with Crippen molar-refractivity contribution in [3.8, 4) is 0 Å². The molecule has 1 heterocycles. The molecule has 1 radical (unpaired) electrons. The van der Waals surface area contributed by atoms with Gasteiger partial charge in [0.25, 0.3) is 0 Å². The molecule has 0 aromatic carbocycles. The van der Waals surface area contributed by atoms with E-state index in [4.69, 9.17) is 5.11 Å². The first kappa shape index (κ1) is 11.2. The predicted octanol–water partition coefficient (Wildman–Crippen LogP) is 0.789. The summed E-state index contributed by atoms with van der Waals surface area (Å²) >= 11 is 0. The molecular formula is C7H8N2O2Re. The third kappa shape index (κ3) is 2.36. The molecule has 0 saturated heterocycles. The molecule has 0 unspecified atom stereocenters. The van der Waals surface area contributed by atoms with E-state index < -0.39 is 5.97 Å². The molecule has 0 saturated carbocycles. The number of hydrogen-bond acceptors (Lipinski definition) is 3. The molecule has 4 nitrogen and oxygen atoms in total. The van der Waals surface area contributed by atoms with Gasteiger partial charge in [-0.2, -0.15) is 0 Å². The van der Waals surface area contributed by atoms with Gasteiger partial charge in [0.1, 0.15) is 5.82 Å². The van der Waals surface area contributed by atoms with E-state index in [0.29, 0.717) is 11.5 Å². The van der Waals surface area contributed by atoms with E-state index in [1.54, 1.807) is 13.8 Å². The Morgan fingerprint density at radius 2 is 2.08 bits per heavy atom. The summed E-state index contributed by atoms with van der Waals surface area (Å²) < 4.78 is 0. The molecule has 1 aromatic rings. The van der Waals surface area contributed by atoms with Crippen LogP contribution >= 0.6 is 0 Å². The zero-order valence-corrected chi connectivity index (χ0v) is 9.42. The van der Waals surface area contributed by atoms with Crippen molar-refractivity contribution >= 4 is 5.97 Å². The van der Waals surface area contributed by atoms with E-state index in [1.165, 1.54) is 6.20 Å². The SMILES string of the molecule is Cc1ncc(C(=O)O)c(C)n1.[Re]. The Bertz CT molecular complexity index is 301. The number of aryl methyl sites for hydroxylation is 2. The van der Waals surface area contributed by atoms with E-state index in [9.17, 15) is 4.79 Å². The minimum atomic E-state index is -0.984. The van der Waals surface area contributed by atoms with E-state index in [-0.39, 0.29) is 26.0 Å². The molecule has 0 atom stereocenters. The van der Waals surface area contributed by atoms with Crippen molar-refractivity contribution in [2.45, 2.75) is 13.8 Å². The van der Waals surface area contributed by atoms with Crippen molar-refractivity contribution in [3.63, 3.8) is 0 Å². The molecule has 1 rings (SSSR count). The van der Waals surface area contributed by atoms with Crippen molar-refractivity contribution in [2.75, 3.05) is 0 Å². The summed E-state index contributed by atoms with van der Waals surface area (Å²) in [5, 5.41) is 8.58. The molecule has 1 aromatic heterocycles. The molecule has 0 bridgehead atoms. The molecule has 1 N–H and O–H groups in total. The fourth-order valence-corrected chi connectivity index (χ4v) is 0.793. The van der Waals surface area contributed by atoms with Crippen molar-refractivity contribution in [3.05, 3.63) is 23.3 Å². The van der Waals surface area contributed by atoms with Crippen LogP contribution in [0.15, 0.2) is 6.20 Å². The Morgan fingerprint density at radius 3 is 2.50 bits per heavy atom. The Kier molecular flexibility index (Phi) is 4.01. The maximum absolute atomic E-state index is 10.5. The van der Waals surface area contributed by atoms with Crippen LogP contribution in [0.1, 0.15) is 21.9 Å². The quantitative estimate of drug-likeness (QED) is 0.822. The summed E-state index contributed by atoms with van der Waals surface area (Å²) in [5.74, 6) is -0.394. The minimum Gasteiger partial charge on any atom is -0.478 e. The smallest absolute Gasteiger partial charge is 0.339 e. The summed E-state index contributed by atoms with van der Waals surface area (Å²) in [4.78, 5) is 18.1. The fraction of sp³-hybridized carbons (Fsp3) is 0.286. The zero-order valence-electron chi connectivity index (χ0n) is 6.71. The van der Waals surface area contributed by atoms with Gasteiger partial charge in [0.2, 0.25) is 0 Å². The molecule has 12 heavy (non-hydrogen) atoms. The largest absolute Gasteiger partial charge is 0.478 e. The fourth-order valence-electron chi connectivity index (χ4n) is 0.793. The standard InChI is InChI=1S/C7H8N2O2.Re/c1-4-6(7(10)11)3-8-5(2)9-4;/h3H,1-2H3,(H,10,11);. The van der Waals surface area contributed by atoms with Crippen LogP contribution < -0.4 is 0 Å². The third-order valence-electron chi connectivity index (χ3n) is 1.33. The second-order valence-electron chi connectivity index (χ2n) is 2.22. The Hall–Kier alpha value is -0.788. The molecule has 65 valence electrons. The van der Waals surface area contributed by atoms with Crippen molar-refractivity contribution in [2.24, 2.45) is 0 Å². The first-order valence-electron chi connectivity index (χ1n) is 3.15. The van der Waals surface area contributed by atoms with Crippen LogP contribution in [0.3, 0.4) is 0 Å². The van der Waals surface area contributed by atoms with Gasteiger partial charge in [0.05, 0.1) is 11.3 Å². The minimum absolute atomic E-state index is 0. The van der Waals surface area contributed by atoms with E-state index in [0.717, 1.165) is 0 Å². The number of aromatic nitrogens is 2. The van der Waals surface area contributed by atoms with Gasteiger partial charge in [-0.25, -0.2) is 14.8 Å². The van der Waals surface area contributed by atoms with Crippen LogP contribution in [0.4, 0.5) is 0 Å². The Morgan fingerprint density at radius 1 is 1.50 bits per heavy atom. The van der Waals surface area contributed by atoms with Crippen LogP contribution in [0.2, 0.25) is 0 Å². The average molecular weight is 338 g/mol. The van der Waals surface area contributed by atoms with E-state index >= 15 is 0 Å². The molecule has 5 heteroatoms. The summed E-state index contributed by atoms with van der Waals surface area (Å²) in [6.45, 7) is 3.37. The van der Waals surface area contributed by atoms with Crippen molar-refractivity contribution in [1.82, 2.24) is 9.97 Å². The van der Waals surface area contributed by atoms with Gasteiger partial charge in [0, 0.05) is 26.6 Å². The van der Waals surface area contributed by atoms with Crippen LogP contribution in [-0.4, -0.2) is 21.0 Å². The first-order chi connectivity index (χ1) is 5.11. The van der Waals surface area contributed by atoms with Gasteiger partial charge in [-0.3, -0.25) is 0 Å². The summed E-state index contributed by atoms with van der Waals surface area (Å²) in [5.41, 5.74) is 0.667. The Labute approximate surface area is 83.7 Å². The van der Waals surface area contributed by atoms with Crippen LogP contribution in [0, 0.1) is 13.8 Å². The van der Waals surface area contributed by atoms with Gasteiger partial charge in [-0.05, 0) is 13.8 Å². The van der Waals surface area contributed by atoms with Gasteiger partial charge in [0.15, 0.2) is 0 Å². The molecule has 0 aliphatic carbocycles. The van der Waals surface area contributed by atoms with Crippen LogP contribution in [0.25, 0.3) is 0 Å². The topological polar surface area (TPSA) is 63.1 Å². The molecule has 0 amide bonds. The number of carbonyl (C=O) groups is 1. The molecule has 0 fully saturated rings. The molecular weight excluding hydrogens is 330 g/mol. The summed E-state index contributed by atoms with van der Waals surface area (Å²) in [7, 11) is 0. The molecule has 0 aliphatic heterocycles. The number of carboxylic acid groups (broad SMARTS) is 1. The van der Waals surface area contributed by atoms with Gasteiger partial charge >= 0.3 is 5.97 Å². The van der Waals surface area contributed by atoms with Crippen LogP contribution in [-0.2, 0) is 20.4 Å². The normalized spacial score (nSPS) is 8.83. The van der Waals surface area contributed by atoms with Gasteiger partial charge in [-0.15, -0.1) is 0 Å². The second kappa shape index (κ2) is 4.29. The van der Waals surface area contributed by atoms with Gasteiger partial charge < -0.3 is 5.11 Å². The van der Waals surface area contributed by atoms with Gasteiger partial charge in [-0.1, -0.05) is 0 Å². The second-order valence-corrected chi connectivity index (χ2v) is 2.22. The molecule has 0 spiro atoms. The van der Waals surface area contributed by atoms with Crippen molar-refractivity contribution < 1.29 is 30.3 Å². The molecule has 0 aliphatic rings. The number of carboxylic acids is 1. The van der Waals surface area contributed by atoms with E-state index in [1.807, 2.05) is 0 Å². The monoisotopic (exact) mass is 339 g/mol. The average Bonchev–Trinajstić information content (AvgIpc) is 1.85. The number of rotatable bonds is 1. The zero-order chi connectivity index (χ0) is 8.43. The Balaban J connectivity index is 0.00000121. The third-order valence-corrected chi connectivity index (χ3v) is 1.33. The summed E-state index contributed by atoms with van der Waals surface area (Å²) in [6, 6.07) is 0.